The van der Waals surface area contributed by atoms with E-state index in [1.54, 1.807) is 6.20 Å². The summed E-state index contributed by atoms with van der Waals surface area (Å²) in [7, 11) is 0. The number of para-hydroxylation sites is 1. The molecule has 4 aliphatic rings. The molecular formula is C21H22ClN3O3. The Balaban J connectivity index is 1.58. The van der Waals surface area contributed by atoms with Crippen molar-refractivity contribution >= 4 is 28.9 Å². The van der Waals surface area contributed by atoms with E-state index in [1.165, 1.54) is 4.68 Å². The Morgan fingerprint density at radius 2 is 1.86 bits per heavy atom. The van der Waals surface area contributed by atoms with Crippen molar-refractivity contribution in [2.24, 2.45) is 23.7 Å². The van der Waals surface area contributed by atoms with Gasteiger partial charge in [0, 0.05) is 5.69 Å². The standard InChI is InChI=1S/C21H22ClN3O3/c22-18-16(24-15-4-2-1-3-5-15)11-23-25(19(18)26)21-9-12-6-13(10-21)8-14(7-12)17(21)20(27)28/h1-5,11-14,17,24H,6-10H2,(H,27,28)/t12-,13-,14?,17+,21?/m0/s1. The van der Waals surface area contributed by atoms with Gasteiger partial charge in [-0.3, -0.25) is 9.59 Å². The van der Waals surface area contributed by atoms with Crippen LogP contribution in [0.3, 0.4) is 0 Å². The molecule has 4 bridgehead atoms. The molecule has 28 heavy (non-hydrogen) atoms. The predicted octanol–water partition coefficient (Wildman–Crippen LogP) is 3.88. The number of anilines is 2. The minimum atomic E-state index is -0.819. The maximum atomic E-state index is 13.2. The number of rotatable bonds is 4. The Morgan fingerprint density at radius 3 is 2.50 bits per heavy atom. The van der Waals surface area contributed by atoms with Gasteiger partial charge in [-0.25, -0.2) is 4.68 Å². The average molecular weight is 400 g/mol. The van der Waals surface area contributed by atoms with E-state index in [9.17, 15) is 14.7 Å². The number of carboxylic acids is 1. The van der Waals surface area contributed by atoms with Crippen molar-refractivity contribution in [2.75, 3.05) is 5.32 Å². The molecule has 4 saturated carbocycles. The molecule has 146 valence electrons. The minimum Gasteiger partial charge on any atom is -0.481 e. The van der Waals surface area contributed by atoms with Crippen LogP contribution in [0.25, 0.3) is 0 Å². The first-order valence-corrected chi connectivity index (χ1v) is 10.2. The topological polar surface area (TPSA) is 84.2 Å². The molecule has 6 rings (SSSR count). The highest BCUT2D eigenvalue weighted by Crippen LogP contribution is 2.61. The zero-order valence-electron chi connectivity index (χ0n) is 15.3. The van der Waals surface area contributed by atoms with Gasteiger partial charge in [0.05, 0.1) is 23.3 Å². The average Bonchev–Trinajstić information content (AvgIpc) is 2.65. The Kier molecular flexibility index (Phi) is 4.02. The first kappa shape index (κ1) is 17.7. The molecule has 0 unspecified atom stereocenters. The number of hydrogen-bond donors (Lipinski definition) is 2. The lowest BCUT2D eigenvalue weighted by Crippen LogP contribution is -2.63. The van der Waals surface area contributed by atoms with Crippen molar-refractivity contribution in [3.05, 3.63) is 51.9 Å². The summed E-state index contributed by atoms with van der Waals surface area (Å²) in [4.78, 5) is 25.4. The van der Waals surface area contributed by atoms with E-state index in [0.29, 0.717) is 30.4 Å². The van der Waals surface area contributed by atoms with Gasteiger partial charge in [0.2, 0.25) is 0 Å². The van der Waals surface area contributed by atoms with E-state index >= 15 is 0 Å². The summed E-state index contributed by atoms with van der Waals surface area (Å²) in [6.45, 7) is 0. The van der Waals surface area contributed by atoms with Gasteiger partial charge in [-0.15, -0.1) is 0 Å². The quantitative estimate of drug-likeness (QED) is 0.815. The van der Waals surface area contributed by atoms with Crippen LogP contribution in [0.4, 0.5) is 11.4 Å². The third-order valence-corrected chi connectivity index (χ3v) is 7.30. The van der Waals surface area contributed by atoms with E-state index in [2.05, 4.69) is 10.4 Å². The van der Waals surface area contributed by atoms with Crippen LogP contribution in [0, 0.1) is 23.7 Å². The van der Waals surface area contributed by atoms with Crippen LogP contribution in [-0.2, 0) is 10.3 Å². The molecule has 1 heterocycles. The molecule has 7 heteroatoms. The van der Waals surface area contributed by atoms with Crippen LogP contribution in [-0.4, -0.2) is 20.9 Å². The number of carboxylic acid groups (broad SMARTS) is 1. The smallest absolute Gasteiger partial charge is 0.309 e. The zero-order chi connectivity index (χ0) is 19.5. The fourth-order valence-electron chi connectivity index (χ4n) is 6.25. The molecule has 4 aliphatic carbocycles. The summed E-state index contributed by atoms with van der Waals surface area (Å²) >= 11 is 6.43. The second-order valence-corrected chi connectivity index (χ2v) is 8.99. The van der Waals surface area contributed by atoms with E-state index < -0.39 is 23.0 Å². The van der Waals surface area contributed by atoms with Gasteiger partial charge in [0.1, 0.15) is 5.02 Å². The molecule has 6 nitrogen and oxygen atoms in total. The maximum absolute atomic E-state index is 13.2. The molecule has 0 saturated heterocycles. The van der Waals surface area contributed by atoms with Gasteiger partial charge in [0.25, 0.3) is 5.56 Å². The Labute approximate surface area is 167 Å². The first-order valence-electron chi connectivity index (χ1n) is 9.81. The molecule has 0 aliphatic heterocycles. The molecule has 1 aromatic carbocycles. The molecule has 0 spiro atoms. The van der Waals surface area contributed by atoms with E-state index in [4.69, 9.17) is 11.6 Å². The van der Waals surface area contributed by atoms with Crippen LogP contribution in [0.2, 0.25) is 5.02 Å². The second-order valence-electron chi connectivity index (χ2n) is 8.61. The number of nitrogens with zero attached hydrogens (tertiary/aromatic N) is 2. The number of aliphatic carboxylic acids is 1. The van der Waals surface area contributed by atoms with Crippen LogP contribution in [0.15, 0.2) is 41.3 Å². The monoisotopic (exact) mass is 399 g/mol. The molecule has 3 atom stereocenters. The van der Waals surface area contributed by atoms with Crippen LogP contribution < -0.4 is 10.9 Å². The third kappa shape index (κ3) is 2.58. The van der Waals surface area contributed by atoms with E-state index in [0.717, 1.165) is 24.9 Å². The minimum absolute atomic E-state index is 0.0544. The first-order chi connectivity index (χ1) is 13.5. The van der Waals surface area contributed by atoms with E-state index in [-0.39, 0.29) is 10.9 Å². The van der Waals surface area contributed by atoms with Crippen molar-refractivity contribution in [1.82, 2.24) is 9.78 Å². The number of benzene rings is 1. The number of aromatic nitrogens is 2. The predicted molar refractivity (Wildman–Crippen MR) is 106 cm³/mol. The largest absolute Gasteiger partial charge is 0.481 e. The van der Waals surface area contributed by atoms with Crippen molar-refractivity contribution in [1.29, 1.82) is 0 Å². The van der Waals surface area contributed by atoms with Crippen molar-refractivity contribution < 1.29 is 9.90 Å². The maximum Gasteiger partial charge on any atom is 0.309 e. The summed E-state index contributed by atoms with van der Waals surface area (Å²) in [6, 6.07) is 9.43. The van der Waals surface area contributed by atoms with E-state index in [1.807, 2.05) is 30.3 Å². The third-order valence-electron chi connectivity index (χ3n) is 6.93. The summed E-state index contributed by atoms with van der Waals surface area (Å²) in [5, 5.41) is 17.6. The highest BCUT2D eigenvalue weighted by Gasteiger charge is 2.61. The SMILES string of the molecule is O=C(O)[C@H]1C2C[C@@H]3C[C@@H](C2)CC1(n1ncc(Nc2ccccc2)c(Cl)c1=O)C3. The van der Waals surface area contributed by atoms with Gasteiger partial charge < -0.3 is 10.4 Å². The number of hydrogen-bond acceptors (Lipinski definition) is 4. The second kappa shape index (κ2) is 6.34. The highest BCUT2D eigenvalue weighted by molar-refractivity contribution is 6.33. The highest BCUT2D eigenvalue weighted by atomic mass is 35.5. The summed E-state index contributed by atoms with van der Waals surface area (Å²) in [6.07, 6.45) is 5.99. The molecule has 0 amide bonds. The van der Waals surface area contributed by atoms with Gasteiger partial charge >= 0.3 is 5.97 Å². The van der Waals surface area contributed by atoms with Crippen LogP contribution >= 0.6 is 11.6 Å². The normalized spacial score (nSPS) is 33.0. The fourth-order valence-corrected chi connectivity index (χ4v) is 6.42. The zero-order valence-corrected chi connectivity index (χ0v) is 16.1. The van der Waals surface area contributed by atoms with Gasteiger partial charge in [-0.1, -0.05) is 29.8 Å². The molecule has 2 N–H and O–H groups in total. The lowest BCUT2D eigenvalue weighted by atomic mass is 9.48. The molecule has 2 aromatic rings. The summed E-state index contributed by atoms with van der Waals surface area (Å²) < 4.78 is 1.41. The lowest BCUT2D eigenvalue weighted by molar-refractivity contribution is -0.168. The Hall–Kier alpha value is -2.34. The Bertz CT molecular complexity index is 976. The molecule has 0 radical (unpaired) electrons. The number of carbonyl (C=O) groups is 1. The summed E-state index contributed by atoms with van der Waals surface area (Å²) in [5.74, 6) is -0.321. The summed E-state index contributed by atoms with van der Waals surface area (Å²) in [5.41, 5.74) is 0.0788. The number of halogens is 1. The fraction of sp³-hybridized carbons (Fsp3) is 0.476. The Morgan fingerprint density at radius 1 is 1.18 bits per heavy atom. The van der Waals surface area contributed by atoms with Gasteiger partial charge in [0.15, 0.2) is 0 Å². The van der Waals surface area contributed by atoms with Crippen LogP contribution in [0.1, 0.15) is 32.1 Å². The van der Waals surface area contributed by atoms with Crippen molar-refractivity contribution in [2.45, 2.75) is 37.6 Å². The van der Waals surface area contributed by atoms with Gasteiger partial charge in [-0.05, 0) is 62.0 Å². The molecule has 4 fully saturated rings. The van der Waals surface area contributed by atoms with Crippen molar-refractivity contribution in [3.8, 4) is 0 Å². The van der Waals surface area contributed by atoms with Gasteiger partial charge in [-0.2, -0.15) is 5.10 Å². The molecule has 1 aromatic heterocycles. The molecular weight excluding hydrogens is 378 g/mol. The van der Waals surface area contributed by atoms with Crippen LogP contribution in [0.5, 0.6) is 0 Å². The van der Waals surface area contributed by atoms with Crippen molar-refractivity contribution in [3.63, 3.8) is 0 Å². The lowest BCUT2D eigenvalue weighted by Gasteiger charge is -2.59. The number of nitrogens with one attached hydrogen (secondary N) is 1.